The van der Waals surface area contributed by atoms with E-state index in [-0.39, 0.29) is 5.41 Å². The molecule has 2 heterocycles. The normalized spacial score (nSPS) is 13.0. The van der Waals surface area contributed by atoms with Gasteiger partial charge in [-0.1, -0.05) is 166 Å². The minimum atomic E-state index is -0.133. The Morgan fingerprint density at radius 2 is 1.13 bits per heavy atom. The van der Waals surface area contributed by atoms with Crippen LogP contribution in [0.25, 0.3) is 105 Å². The number of rotatable bonds is 5. The molecule has 0 N–H and O–H groups in total. The third-order valence-electron chi connectivity index (χ3n) is 12.8. The number of hydrogen-bond donors (Lipinski definition) is 0. The molecule has 11 aromatic rings. The standard InChI is InChI=1S/C57H39N3/c1-57(2)50-23-9-8-19-47(50)48-22-11-21-46(55(48)57)40-27-30-52-49(35-40)54-45(38-16-10-17-41(33-38)56-58-32-31-51(59-56)37-14-4-3-5-15-37)20-12-24-53(54)60(52)42-28-29-44-39(34-42)26-25-36-13-6-7-18-43(36)44/h3-35H,1-2H3. The van der Waals surface area contributed by atoms with Crippen LogP contribution in [-0.4, -0.2) is 14.5 Å². The van der Waals surface area contributed by atoms with Gasteiger partial charge >= 0.3 is 0 Å². The topological polar surface area (TPSA) is 30.7 Å². The lowest BCUT2D eigenvalue weighted by molar-refractivity contribution is 0.662. The second-order valence-corrected chi connectivity index (χ2v) is 16.6. The molecule has 3 heteroatoms. The van der Waals surface area contributed by atoms with Crippen molar-refractivity contribution < 1.29 is 0 Å². The maximum absolute atomic E-state index is 5.03. The van der Waals surface area contributed by atoms with E-state index < -0.39 is 0 Å². The summed E-state index contributed by atoms with van der Waals surface area (Å²) in [5, 5.41) is 7.45. The molecule has 2 aromatic heterocycles. The van der Waals surface area contributed by atoms with Crippen LogP contribution in [-0.2, 0) is 5.41 Å². The molecule has 0 saturated heterocycles. The third kappa shape index (κ3) is 5.22. The molecular formula is C57H39N3. The molecule has 0 radical (unpaired) electrons. The molecule has 282 valence electrons. The molecule has 0 unspecified atom stereocenters. The lowest BCUT2D eigenvalue weighted by Crippen LogP contribution is -2.16. The maximum Gasteiger partial charge on any atom is 0.159 e. The van der Waals surface area contributed by atoms with Crippen molar-refractivity contribution in [3.05, 3.63) is 211 Å². The molecule has 60 heavy (non-hydrogen) atoms. The number of aromatic nitrogens is 3. The van der Waals surface area contributed by atoms with E-state index in [2.05, 4.69) is 188 Å². The zero-order valence-corrected chi connectivity index (χ0v) is 33.4. The fraction of sp³-hybridized carbons (Fsp3) is 0.0526. The van der Waals surface area contributed by atoms with Crippen LogP contribution in [0.5, 0.6) is 0 Å². The van der Waals surface area contributed by atoms with Crippen molar-refractivity contribution in [2.45, 2.75) is 19.3 Å². The molecule has 0 fully saturated rings. The zero-order chi connectivity index (χ0) is 40.0. The van der Waals surface area contributed by atoms with Crippen molar-refractivity contribution in [3.8, 4) is 61.7 Å². The first-order valence-corrected chi connectivity index (χ1v) is 20.7. The molecule has 12 rings (SSSR count). The summed E-state index contributed by atoms with van der Waals surface area (Å²) in [7, 11) is 0. The molecule has 1 aliphatic carbocycles. The Labute approximate surface area is 348 Å². The van der Waals surface area contributed by atoms with Crippen molar-refractivity contribution in [1.82, 2.24) is 14.5 Å². The van der Waals surface area contributed by atoms with Crippen molar-refractivity contribution >= 4 is 43.4 Å². The SMILES string of the molecule is CC1(C)c2ccccc2-c2cccc(-c3ccc4c(c3)c3c(-c5cccc(-c6nccc(-c7ccccc7)n6)c5)cccc3n4-c3ccc4c(ccc5ccccc54)c3)c21. The first-order chi connectivity index (χ1) is 29.5. The van der Waals surface area contributed by atoms with Gasteiger partial charge in [0, 0.05) is 39.2 Å². The number of benzene rings is 9. The highest BCUT2D eigenvalue weighted by Gasteiger charge is 2.37. The summed E-state index contributed by atoms with van der Waals surface area (Å²) < 4.78 is 2.46. The summed E-state index contributed by atoms with van der Waals surface area (Å²) in [6.07, 6.45) is 1.86. The highest BCUT2D eigenvalue weighted by atomic mass is 15.0. The van der Waals surface area contributed by atoms with Crippen LogP contribution in [0, 0.1) is 0 Å². The summed E-state index contributed by atoms with van der Waals surface area (Å²) >= 11 is 0. The first kappa shape index (κ1) is 34.4. The van der Waals surface area contributed by atoms with Crippen LogP contribution in [0.15, 0.2) is 200 Å². The monoisotopic (exact) mass is 765 g/mol. The number of hydrogen-bond acceptors (Lipinski definition) is 2. The largest absolute Gasteiger partial charge is 0.309 e. The summed E-state index contributed by atoms with van der Waals surface area (Å²) in [5.74, 6) is 0.709. The van der Waals surface area contributed by atoms with E-state index in [4.69, 9.17) is 9.97 Å². The molecular weight excluding hydrogens is 727 g/mol. The van der Waals surface area contributed by atoms with Crippen LogP contribution < -0.4 is 0 Å². The fourth-order valence-electron chi connectivity index (χ4n) is 10.1. The van der Waals surface area contributed by atoms with Gasteiger partial charge in [0.25, 0.3) is 0 Å². The fourth-order valence-corrected chi connectivity index (χ4v) is 10.1. The summed E-state index contributed by atoms with van der Waals surface area (Å²) in [4.78, 5) is 9.79. The maximum atomic E-state index is 5.03. The Balaban J connectivity index is 1.09. The zero-order valence-electron chi connectivity index (χ0n) is 33.4. The Bertz CT molecular complexity index is 3520. The lowest BCUT2D eigenvalue weighted by atomic mass is 9.79. The Hall–Kier alpha value is -7.62. The minimum Gasteiger partial charge on any atom is -0.309 e. The van der Waals surface area contributed by atoms with E-state index in [9.17, 15) is 0 Å². The Morgan fingerprint density at radius 3 is 2.07 bits per heavy atom. The van der Waals surface area contributed by atoms with Gasteiger partial charge in [-0.05, 0) is 109 Å². The van der Waals surface area contributed by atoms with Crippen LogP contribution in [0.3, 0.4) is 0 Å². The van der Waals surface area contributed by atoms with Crippen molar-refractivity contribution in [2.24, 2.45) is 0 Å². The van der Waals surface area contributed by atoms with E-state index in [0.29, 0.717) is 5.82 Å². The smallest absolute Gasteiger partial charge is 0.159 e. The highest BCUT2D eigenvalue weighted by Crippen LogP contribution is 2.52. The second-order valence-electron chi connectivity index (χ2n) is 16.6. The van der Waals surface area contributed by atoms with Gasteiger partial charge in [0.05, 0.1) is 16.7 Å². The molecule has 0 spiro atoms. The van der Waals surface area contributed by atoms with Crippen molar-refractivity contribution in [3.63, 3.8) is 0 Å². The van der Waals surface area contributed by atoms with Gasteiger partial charge in [-0.2, -0.15) is 0 Å². The lowest BCUT2D eigenvalue weighted by Gasteiger charge is -2.24. The first-order valence-electron chi connectivity index (χ1n) is 20.7. The average Bonchev–Trinajstić information content (AvgIpc) is 3.77. The van der Waals surface area contributed by atoms with Crippen LogP contribution in [0.1, 0.15) is 25.0 Å². The van der Waals surface area contributed by atoms with Gasteiger partial charge in [0.15, 0.2) is 5.82 Å². The van der Waals surface area contributed by atoms with Crippen molar-refractivity contribution in [2.75, 3.05) is 0 Å². The van der Waals surface area contributed by atoms with Crippen molar-refractivity contribution in [1.29, 1.82) is 0 Å². The average molecular weight is 766 g/mol. The minimum absolute atomic E-state index is 0.133. The molecule has 9 aromatic carbocycles. The summed E-state index contributed by atoms with van der Waals surface area (Å²) in [5.41, 5.74) is 16.5. The van der Waals surface area contributed by atoms with Crippen LogP contribution in [0.4, 0.5) is 0 Å². The molecule has 0 amide bonds. The number of fused-ring (bicyclic) bond motifs is 9. The Kier molecular flexibility index (Phi) is 7.58. The van der Waals surface area contributed by atoms with E-state index in [1.165, 1.54) is 82.3 Å². The summed E-state index contributed by atoms with van der Waals surface area (Å²) in [6, 6.07) is 70.7. The van der Waals surface area contributed by atoms with E-state index in [1.54, 1.807) is 0 Å². The second kappa shape index (κ2) is 13.2. The quantitative estimate of drug-likeness (QED) is 0.163. The van der Waals surface area contributed by atoms with Gasteiger partial charge in [-0.3, -0.25) is 0 Å². The van der Waals surface area contributed by atoms with Gasteiger partial charge < -0.3 is 4.57 Å². The van der Waals surface area contributed by atoms with Crippen LogP contribution >= 0.6 is 0 Å². The predicted molar refractivity (Wildman–Crippen MR) is 251 cm³/mol. The third-order valence-corrected chi connectivity index (χ3v) is 12.8. The number of nitrogens with zero attached hydrogens (tertiary/aromatic N) is 3. The molecule has 0 aliphatic heterocycles. The van der Waals surface area contributed by atoms with Gasteiger partial charge in [-0.25, -0.2) is 9.97 Å². The Morgan fingerprint density at radius 1 is 0.433 bits per heavy atom. The van der Waals surface area contributed by atoms with E-state index in [1.807, 2.05) is 30.5 Å². The van der Waals surface area contributed by atoms with E-state index in [0.717, 1.165) is 28.1 Å². The summed E-state index contributed by atoms with van der Waals surface area (Å²) in [6.45, 7) is 4.75. The van der Waals surface area contributed by atoms with Gasteiger partial charge in [-0.15, -0.1) is 0 Å². The van der Waals surface area contributed by atoms with Crippen LogP contribution in [0.2, 0.25) is 0 Å². The highest BCUT2D eigenvalue weighted by molar-refractivity contribution is 6.17. The molecule has 1 aliphatic rings. The molecule has 0 saturated carbocycles. The molecule has 3 nitrogen and oxygen atoms in total. The predicted octanol–water partition coefficient (Wildman–Crippen LogP) is 14.9. The van der Waals surface area contributed by atoms with Gasteiger partial charge in [0.2, 0.25) is 0 Å². The molecule has 0 bridgehead atoms. The molecule has 0 atom stereocenters. The van der Waals surface area contributed by atoms with Gasteiger partial charge in [0.1, 0.15) is 0 Å². The van der Waals surface area contributed by atoms with E-state index >= 15 is 0 Å².